The Morgan fingerprint density at radius 1 is 1.16 bits per heavy atom. The highest BCUT2D eigenvalue weighted by atomic mass is 16.5. The number of urea groups is 1. The Kier molecular flexibility index (Phi) is 9.51. The third kappa shape index (κ3) is 7.23. The lowest BCUT2D eigenvalue weighted by Crippen LogP contribution is -2.45. The molecule has 0 unspecified atom stereocenters. The standard InChI is InChI=1S/C27H34N4O6/c1-6-36-22-13-20(25-24(26(33)35-5)17(4)29-27(34)30-25)11-12-21(22)37-15-23(32)31-28-14-18-7-9-19(10-8-18)16(2)3/h7-14,16,23,25,31-32H,6,15H2,1-5H3,(H2,29,30,34)/b28-14-/t23-,25+/m0/s1. The van der Waals surface area contributed by atoms with Crippen LogP contribution in [0.1, 0.15) is 56.3 Å². The zero-order valence-corrected chi connectivity index (χ0v) is 21.7. The molecule has 0 bridgehead atoms. The maximum absolute atomic E-state index is 12.4. The van der Waals surface area contributed by atoms with E-state index >= 15 is 0 Å². The number of carbonyl (C=O) groups excluding carboxylic acids is 2. The van der Waals surface area contributed by atoms with Crippen molar-refractivity contribution in [2.45, 2.75) is 45.9 Å². The van der Waals surface area contributed by atoms with Crippen LogP contribution in [-0.2, 0) is 9.53 Å². The molecule has 198 valence electrons. The molecule has 0 saturated heterocycles. The minimum absolute atomic E-state index is 0.0977. The van der Waals surface area contributed by atoms with Crippen LogP contribution in [0.4, 0.5) is 4.79 Å². The van der Waals surface area contributed by atoms with E-state index in [4.69, 9.17) is 14.2 Å². The van der Waals surface area contributed by atoms with E-state index in [9.17, 15) is 14.7 Å². The van der Waals surface area contributed by atoms with Gasteiger partial charge in [-0.1, -0.05) is 44.2 Å². The quantitative estimate of drug-likeness (QED) is 0.158. The van der Waals surface area contributed by atoms with Gasteiger partial charge in [-0.3, -0.25) is 5.43 Å². The van der Waals surface area contributed by atoms with Crippen LogP contribution >= 0.6 is 0 Å². The van der Waals surface area contributed by atoms with Gasteiger partial charge in [0.15, 0.2) is 17.7 Å². The number of hydrogen-bond donors (Lipinski definition) is 4. The summed E-state index contributed by atoms with van der Waals surface area (Å²) >= 11 is 0. The van der Waals surface area contributed by atoms with Crippen molar-refractivity contribution in [2.75, 3.05) is 20.3 Å². The van der Waals surface area contributed by atoms with Gasteiger partial charge in [-0.25, -0.2) is 9.59 Å². The molecule has 0 spiro atoms. The summed E-state index contributed by atoms with van der Waals surface area (Å²) in [7, 11) is 1.28. The molecule has 10 nitrogen and oxygen atoms in total. The van der Waals surface area contributed by atoms with E-state index in [1.54, 1.807) is 31.3 Å². The van der Waals surface area contributed by atoms with E-state index in [-0.39, 0.29) is 12.2 Å². The molecule has 2 amide bonds. The third-order valence-electron chi connectivity index (χ3n) is 5.71. The van der Waals surface area contributed by atoms with Gasteiger partial charge in [-0.15, -0.1) is 0 Å². The molecule has 0 aliphatic carbocycles. The molecule has 1 heterocycles. The summed E-state index contributed by atoms with van der Waals surface area (Å²) in [4.78, 5) is 24.4. The van der Waals surface area contributed by atoms with Crippen molar-refractivity contribution < 1.29 is 28.9 Å². The number of hydrazone groups is 1. The van der Waals surface area contributed by atoms with Crippen LogP contribution in [0.25, 0.3) is 0 Å². The van der Waals surface area contributed by atoms with E-state index in [1.165, 1.54) is 12.7 Å². The van der Waals surface area contributed by atoms with Crippen molar-refractivity contribution in [1.29, 1.82) is 0 Å². The molecule has 10 heteroatoms. The van der Waals surface area contributed by atoms with Crippen molar-refractivity contribution in [3.05, 3.63) is 70.4 Å². The lowest BCUT2D eigenvalue weighted by Gasteiger charge is -2.28. The number of aliphatic hydroxyl groups excluding tert-OH is 1. The Bertz CT molecular complexity index is 1160. The molecule has 4 N–H and O–H groups in total. The van der Waals surface area contributed by atoms with E-state index in [1.807, 2.05) is 31.2 Å². The van der Waals surface area contributed by atoms with Crippen LogP contribution < -0.4 is 25.5 Å². The number of carbonyl (C=O) groups is 2. The molecule has 37 heavy (non-hydrogen) atoms. The number of ether oxygens (including phenoxy) is 3. The minimum Gasteiger partial charge on any atom is -0.490 e. The smallest absolute Gasteiger partial charge is 0.337 e. The zero-order chi connectivity index (χ0) is 26.9. The molecule has 1 aliphatic rings. The van der Waals surface area contributed by atoms with Crippen LogP contribution in [0, 0.1) is 0 Å². The number of rotatable bonds is 11. The average Bonchev–Trinajstić information content (AvgIpc) is 2.87. The van der Waals surface area contributed by atoms with E-state index in [0.29, 0.717) is 35.3 Å². The van der Waals surface area contributed by atoms with Crippen molar-refractivity contribution in [3.63, 3.8) is 0 Å². The molecule has 2 aromatic carbocycles. The van der Waals surface area contributed by atoms with Gasteiger partial charge in [-0.05, 0) is 48.6 Å². The van der Waals surface area contributed by atoms with Gasteiger partial charge < -0.3 is 30.0 Å². The monoisotopic (exact) mass is 510 g/mol. The van der Waals surface area contributed by atoms with E-state index in [2.05, 4.69) is 35.0 Å². The van der Waals surface area contributed by atoms with Gasteiger partial charge in [0.2, 0.25) is 0 Å². The van der Waals surface area contributed by atoms with Crippen LogP contribution in [0.5, 0.6) is 11.5 Å². The number of esters is 1. The van der Waals surface area contributed by atoms with Crippen molar-refractivity contribution in [2.24, 2.45) is 5.10 Å². The van der Waals surface area contributed by atoms with Gasteiger partial charge in [0.05, 0.1) is 31.5 Å². The first-order valence-electron chi connectivity index (χ1n) is 12.1. The predicted molar refractivity (Wildman–Crippen MR) is 139 cm³/mol. The highest BCUT2D eigenvalue weighted by Crippen LogP contribution is 2.34. The number of allylic oxidation sites excluding steroid dienone is 1. The minimum atomic E-state index is -1.07. The number of hydrogen-bond acceptors (Lipinski definition) is 8. The summed E-state index contributed by atoms with van der Waals surface area (Å²) in [6.07, 6.45) is 0.552. The molecule has 3 rings (SSSR count). The van der Waals surface area contributed by atoms with Crippen molar-refractivity contribution in [3.8, 4) is 11.5 Å². The van der Waals surface area contributed by atoms with Crippen LogP contribution in [0.3, 0.4) is 0 Å². The summed E-state index contributed by atoms with van der Waals surface area (Å²) in [6.45, 7) is 7.99. The molecule has 0 radical (unpaired) electrons. The summed E-state index contributed by atoms with van der Waals surface area (Å²) in [5.41, 5.74) is 6.08. The summed E-state index contributed by atoms with van der Waals surface area (Å²) in [5.74, 6) is 0.683. The maximum Gasteiger partial charge on any atom is 0.337 e. The molecular weight excluding hydrogens is 476 g/mol. The number of nitrogens with zero attached hydrogens (tertiary/aromatic N) is 1. The van der Waals surface area contributed by atoms with Gasteiger partial charge in [-0.2, -0.15) is 5.10 Å². The molecular formula is C27H34N4O6. The number of benzene rings is 2. The average molecular weight is 511 g/mol. The Morgan fingerprint density at radius 3 is 2.54 bits per heavy atom. The topological polar surface area (TPSA) is 131 Å². The molecule has 0 saturated carbocycles. The summed E-state index contributed by atoms with van der Waals surface area (Å²) in [5, 5.41) is 19.7. The first-order valence-corrected chi connectivity index (χ1v) is 12.1. The second-order valence-corrected chi connectivity index (χ2v) is 8.74. The van der Waals surface area contributed by atoms with Crippen LogP contribution in [0.2, 0.25) is 0 Å². The Morgan fingerprint density at radius 2 is 1.89 bits per heavy atom. The first-order chi connectivity index (χ1) is 17.7. The zero-order valence-electron chi connectivity index (χ0n) is 21.7. The fourth-order valence-corrected chi connectivity index (χ4v) is 3.79. The van der Waals surface area contributed by atoms with Crippen molar-refractivity contribution in [1.82, 2.24) is 16.1 Å². The Labute approximate surface area is 216 Å². The number of aliphatic hydroxyl groups is 1. The maximum atomic E-state index is 12.4. The SMILES string of the molecule is CCOc1cc([C@H]2NC(=O)NC(C)=C2C(=O)OC)ccc1OC[C@H](O)N/N=C\c1ccc(C(C)C)cc1. The predicted octanol–water partition coefficient (Wildman–Crippen LogP) is 3.33. The normalized spacial score (nSPS) is 16.3. The molecule has 1 aliphatic heterocycles. The fraction of sp³-hybridized carbons (Fsp3) is 0.370. The Hall–Kier alpha value is -4.05. The highest BCUT2D eigenvalue weighted by molar-refractivity contribution is 5.95. The molecule has 2 aromatic rings. The van der Waals surface area contributed by atoms with Gasteiger partial charge in [0.1, 0.15) is 6.61 Å². The summed E-state index contributed by atoms with van der Waals surface area (Å²) in [6, 6.07) is 11.9. The van der Waals surface area contributed by atoms with E-state index in [0.717, 1.165) is 5.56 Å². The lowest BCUT2D eigenvalue weighted by atomic mass is 9.95. The number of amides is 2. The molecule has 2 atom stereocenters. The highest BCUT2D eigenvalue weighted by Gasteiger charge is 2.32. The largest absolute Gasteiger partial charge is 0.490 e. The van der Waals surface area contributed by atoms with Crippen molar-refractivity contribution >= 4 is 18.2 Å². The van der Waals surface area contributed by atoms with E-state index < -0.39 is 24.3 Å². The lowest BCUT2D eigenvalue weighted by molar-refractivity contribution is -0.136. The summed E-state index contributed by atoms with van der Waals surface area (Å²) < 4.78 is 16.4. The van der Waals surface area contributed by atoms with Gasteiger partial charge in [0.25, 0.3) is 0 Å². The Balaban J connectivity index is 1.67. The first kappa shape index (κ1) is 27.5. The van der Waals surface area contributed by atoms with Crippen LogP contribution in [0.15, 0.2) is 58.8 Å². The van der Waals surface area contributed by atoms with Crippen LogP contribution in [-0.4, -0.2) is 49.9 Å². The second kappa shape index (κ2) is 12.8. The fourth-order valence-electron chi connectivity index (χ4n) is 3.79. The number of methoxy groups -OCH3 is 1. The second-order valence-electron chi connectivity index (χ2n) is 8.74. The third-order valence-corrected chi connectivity index (χ3v) is 5.71. The van der Waals surface area contributed by atoms with Gasteiger partial charge >= 0.3 is 12.0 Å². The number of nitrogens with one attached hydrogen (secondary N) is 3. The molecule has 0 fully saturated rings. The molecule has 0 aromatic heterocycles. The van der Waals surface area contributed by atoms with Gasteiger partial charge in [0, 0.05) is 5.70 Å².